The van der Waals surface area contributed by atoms with Gasteiger partial charge in [0.1, 0.15) is 23.7 Å². The van der Waals surface area contributed by atoms with E-state index in [4.69, 9.17) is 25.7 Å². The van der Waals surface area contributed by atoms with Crippen LogP contribution in [-0.4, -0.2) is 42.0 Å². The molecule has 2 heterocycles. The van der Waals surface area contributed by atoms with Gasteiger partial charge in [0, 0.05) is 28.7 Å². The summed E-state index contributed by atoms with van der Waals surface area (Å²) in [6.45, 7) is 0.421. The summed E-state index contributed by atoms with van der Waals surface area (Å²) in [5, 5.41) is 11.7. The molecule has 1 aromatic heterocycles. The number of halogens is 4. The van der Waals surface area contributed by atoms with Crippen molar-refractivity contribution in [2.24, 2.45) is 11.5 Å². The molecule has 1 aliphatic heterocycles. The van der Waals surface area contributed by atoms with Crippen molar-refractivity contribution in [2.45, 2.75) is 49.6 Å². The minimum atomic E-state index is -4.90. The number of aliphatic hydroxyl groups is 1. The zero-order valence-electron chi connectivity index (χ0n) is 21.6. The van der Waals surface area contributed by atoms with Crippen molar-refractivity contribution in [1.29, 1.82) is 0 Å². The SMILES string of the molecule is COc1c(OC2CC2)ccc(C(N)=O)c1C[C@](C)(O)c1cc2c(c(-c3ccc(F)cc3)n1)OC[C@@]2(N)C(F)(F)F. The number of primary amides is 1. The van der Waals surface area contributed by atoms with Crippen molar-refractivity contribution >= 4 is 5.91 Å². The minimum Gasteiger partial charge on any atom is -0.493 e. The first-order chi connectivity index (χ1) is 18.7. The van der Waals surface area contributed by atoms with E-state index in [1.165, 1.54) is 32.2 Å². The van der Waals surface area contributed by atoms with E-state index in [0.717, 1.165) is 31.0 Å². The first-order valence-electron chi connectivity index (χ1n) is 12.4. The molecule has 1 amide bonds. The molecular weight excluding hydrogens is 534 g/mol. The Morgan fingerprint density at radius 3 is 2.45 bits per heavy atom. The molecule has 0 radical (unpaired) electrons. The average molecular weight is 562 g/mol. The number of methoxy groups -OCH3 is 1. The molecule has 0 unspecified atom stereocenters. The molecule has 2 aliphatic rings. The van der Waals surface area contributed by atoms with E-state index in [1.807, 2.05) is 0 Å². The number of amides is 1. The second-order valence-corrected chi connectivity index (χ2v) is 10.3. The molecule has 1 aliphatic carbocycles. The first-order valence-corrected chi connectivity index (χ1v) is 12.4. The highest BCUT2D eigenvalue weighted by molar-refractivity contribution is 5.95. The number of fused-ring (bicyclic) bond motifs is 1. The van der Waals surface area contributed by atoms with E-state index < -0.39 is 41.2 Å². The number of hydrogen-bond acceptors (Lipinski definition) is 7. The summed E-state index contributed by atoms with van der Waals surface area (Å²) in [5.41, 5.74) is 6.37. The maximum atomic E-state index is 14.2. The van der Waals surface area contributed by atoms with Crippen LogP contribution < -0.4 is 25.7 Å². The van der Waals surface area contributed by atoms with Crippen LogP contribution in [0.3, 0.4) is 0 Å². The van der Waals surface area contributed by atoms with Gasteiger partial charge in [0.2, 0.25) is 5.91 Å². The number of aromatic nitrogens is 1. The molecule has 1 fully saturated rings. The summed E-state index contributed by atoms with van der Waals surface area (Å²) in [4.78, 5) is 16.8. The Bertz CT molecular complexity index is 1470. The number of pyridine rings is 1. The maximum Gasteiger partial charge on any atom is 0.414 e. The highest BCUT2D eigenvalue weighted by Crippen LogP contribution is 2.50. The number of alkyl halides is 3. The molecule has 12 heteroatoms. The van der Waals surface area contributed by atoms with Gasteiger partial charge in [-0.1, -0.05) is 0 Å². The quantitative estimate of drug-likeness (QED) is 0.353. The van der Waals surface area contributed by atoms with Crippen molar-refractivity contribution in [2.75, 3.05) is 13.7 Å². The highest BCUT2D eigenvalue weighted by Gasteiger charge is 2.59. The standard InChI is InChI=1S/C28H27F4N3O5/c1-26(37,12-18-17(25(33)36)9-10-20(23(18)38-2)40-16-7-8-16)21-11-19-24(39-13-27(19,34)28(30,31)32)22(35-21)14-3-5-15(29)6-4-14/h3-6,9-11,16,37H,7-8,12-13,34H2,1-2H3,(H2,33,36)/t26-,27-/m0/s1. The van der Waals surface area contributed by atoms with Crippen LogP contribution in [0.5, 0.6) is 17.2 Å². The molecule has 1 saturated carbocycles. The lowest BCUT2D eigenvalue weighted by Crippen LogP contribution is -2.51. The lowest BCUT2D eigenvalue weighted by Gasteiger charge is -2.29. The van der Waals surface area contributed by atoms with Gasteiger partial charge in [0.25, 0.3) is 0 Å². The van der Waals surface area contributed by atoms with Crippen LogP contribution in [0, 0.1) is 5.82 Å². The molecular formula is C28H27F4N3O5. The van der Waals surface area contributed by atoms with Crippen molar-refractivity contribution < 1.29 is 41.7 Å². The minimum absolute atomic E-state index is 0.0154. The van der Waals surface area contributed by atoms with Gasteiger partial charge in [-0.3, -0.25) is 4.79 Å². The van der Waals surface area contributed by atoms with Crippen LogP contribution in [0.2, 0.25) is 0 Å². The Labute approximate surface area is 226 Å². The maximum absolute atomic E-state index is 14.2. The number of carbonyl (C=O) groups excluding carboxylic acids is 1. The second-order valence-electron chi connectivity index (χ2n) is 10.3. The Hall–Kier alpha value is -3.90. The van der Waals surface area contributed by atoms with Gasteiger partial charge in [-0.25, -0.2) is 9.37 Å². The molecule has 0 saturated heterocycles. The van der Waals surface area contributed by atoms with Crippen LogP contribution in [0.1, 0.15) is 46.9 Å². The monoisotopic (exact) mass is 561 g/mol. The van der Waals surface area contributed by atoms with E-state index in [-0.39, 0.29) is 52.1 Å². The summed E-state index contributed by atoms with van der Waals surface area (Å²) in [5.74, 6) is -1.09. The third-order valence-corrected chi connectivity index (χ3v) is 7.11. The summed E-state index contributed by atoms with van der Waals surface area (Å²) in [7, 11) is 1.36. The molecule has 0 bridgehead atoms. The molecule has 212 valence electrons. The van der Waals surface area contributed by atoms with Gasteiger partial charge in [0.15, 0.2) is 22.8 Å². The lowest BCUT2D eigenvalue weighted by molar-refractivity contribution is -0.191. The number of carbonyl (C=O) groups is 1. The smallest absolute Gasteiger partial charge is 0.414 e. The Kier molecular flexibility index (Phi) is 6.66. The average Bonchev–Trinajstić information content (AvgIpc) is 3.63. The van der Waals surface area contributed by atoms with Crippen molar-refractivity contribution in [1.82, 2.24) is 4.98 Å². The van der Waals surface area contributed by atoms with Gasteiger partial charge < -0.3 is 30.8 Å². The number of benzene rings is 2. The second kappa shape index (κ2) is 9.63. The molecule has 2 atom stereocenters. The number of nitrogens with two attached hydrogens (primary N) is 2. The fourth-order valence-corrected chi connectivity index (χ4v) is 4.72. The molecule has 40 heavy (non-hydrogen) atoms. The molecule has 8 nitrogen and oxygen atoms in total. The van der Waals surface area contributed by atoms with E-state index >= 15 is 0 Å². The van der Waals surface area contributed by atoms with E-state index in [2.05, 4.69) is 4.98 Å². The van der Waals surface area contributed by atoms with Crippen LogP contribution >= 0.6 is 0 Å². The molecule has 0 spiro atoms. The fraction of sp³-hybridized carbons (Fsp3) is 0.357. The van der Waals surface area contributed by atoms with E-state index in [0.29, 0.717) is 5.75 Å². The van der Waals surface area contributed by atoms with Gasteiger partial charge >= 0.3 is 6.18 Å². The number of rotatable bonds is 8. The van der Waals surface area contributed by atoms with Crippen molar-refractivity contribution in [3.05, 3.63) is 70.7 Å². The highest BCUT2D eigenvalue weighted by atomic mass is 19.4. The van der Waals surface area contributed by atoms with Crippen molar-refractivity contribution in [3.8, 4) is 28.5 Å². The summed E-state index contributed by atoms with van der Waals surface area (Å²) >= 11 is 0. The van der Waals surface area contributed by atoms with Crippen LogP contribution in [0.4, 0.5) is 17.6 Å². The molecule has 5 N–H and O–H groups in total. The fourth-order valence-electron chi connectivity index (χ4n) is 4.72. The topological polar surface area (TPSA) is 130 Å². The third-order valence-electron chi connectivity index (χ3n) is 7.11. The predicted octanol–water partition coefficient (Wildman–Crippen LogP) is 4.10. The number of ether oxygens (including phenoxy) is 3. The summed E-state index contributed by atoms with van der Waals surface area (Å²) < 4.78 is 73.0. The van der Waals surface area contributed by atoms with Crippen LogP contribution in [-0.2, 0) is 17.6 Å². The normalized spacial score (nSPS) is 19.9. The van der Waals surface area contributed by atoms with E-state index in [1.54, 1.807) is 6.07 Å². The summed E-state index contributed by atoms with van der Waals surface area (Å²) in [6.07, 6.45) is -3.56. The summed E-state index contributed by atoms with van der Waals surface area (Å²) in [6, 6.07) is 8.93. The Balaban J connectivity index is 1.67. The molecule has 2 aromatic carbocycles. The zero-order valence-corrected chi connectivity index (χ0v) is 21.6. The largest absolute Gasteiger partial charge is 0.493 e. The first kappa shape index (κ1) is 27.7. The van der Waals surface area contributed by atoms with Gasteiger partial charge in [0.05, 0.1) is 18.9 Å². The Morgan fingerprint density at radius 1 is 1.20 bits per heavy atom. The number of hydrogen-bond donors (Lipinski definition) is 3. The lowest BCUT2D eigenvalue weighted by atomic mass is 9.85. The Morgan fingerprint density at radius 2 is 1.88 bits per heavy atom. The molecule has 5 rings (SSSR count). The van der Waals surface area contributed by atoms with Crippen molar-refractivity contribution in [3.63, 3.8) is 0 Å². The predicted molar refractivity (Wildman–Crippen MR) is 135 cm³/mol. The van der Waals surface area contributed by atoms with Gasteiger partial charge in [-0.05, 0) is 62.2 Å². The number of nitrogens with zero attached hydrogens (tertiary/aromatic N) is 1. The zero-order chi connectivity index (χ0) is 29.0. The van der Waals surface area contributed by atoms with Gasteiger partial charge in [-0.15, -0.1) is 0 Å². The van der Waals surface area contributed by atoms with Crippen LogP contribution in [0.25, 0.3) is 11.3 Å². The third kappa shape index (κ3) is 4.81. The molecule has 3 aromatic rings. The van der Waals surface area contributed by atoms with Crippen LogP contribution in [0.15, 0.2) is 42.5 Å². The van der Waals surface area contributed by atoms with E-state index in [9.17, 15) is 27.5 Å². The van der Waals surface area contributed by atoms with Gasteiger partial charge in [-0.2, -0.15) is 13.2 Å².